The van der Waals surface area contributed by atoms with Crippen molar-refractivity contribution in [1.82, 2.24) is 5.32 Å². The quantitative estimate of drug-likeness (QED) is 0.686. The third kappa shape index (κ3) is 6.70. The van der Waals surface area contributed by atoms with Crippen molar-refractivity contribution in [1.29, 1.82) is 0 Å². The van der Waals surface area contributed by atoms with Gasteiger partial charge in [0.05, 0.1) is 0 Å². The zero-order valence-electron chi connectivity index (χ0n) is 12.6. The van der Waals surface area contributed by atoms with Crippen molar-refractivity contribution >= 4 is 18.0 Å². The second-order valence-corrected chi connectivity index (χ2v) is 5.65. The molecule has 1 rings (SSSR count). The van der Waals surface area contributed by atoms with Crippen LogP contribution in [0.2, 0.25) is 0 Å². The molecule has 21 heavy (non-hydrogen) atoms. The van der Waals surface area contributed by atoms with E-state index in [2.05, 4.69) is 5.32 Å². The third-order valence-corrected chi connectivity index (χ3v) is 2.39. The monoisotopic (exact) mass is 293 g/mol. The molecule has 0 saturated carbocycles. The summed E-state index contributed by atoms with van der Waals surface area (Å²) in [5.41, 5.74) is -0.0388. The van der Waals surface area contributed by atoms with Crippen molar-refractivity contribution < 1.29 is 18.7 Å². The second-order valence-electron chi connectivity index (χ2n) is 5.65. The highest BCUT2D eigenvalue weighted by Gasteiger charge is 2.22. The van der Waals surface area contributed by atoms with Crippen molar-refractivity contribution in [2.45, 2.75) is 39.3 Å². The molecule has 0 aromatic heterocycles. The summed E-state index contributed by atoms with van der Waals surface area (Å²) in [5, 5.41) is 2.49. The number of carbonyl (C=O) groups is 2. The van der Waals surface area contributed by atoms with Gasteiger partial charge in [0.25, 0.3) is 0 Å². The molecule has 5 heteroatoms. The lowest BCUT2D eigenvalue weighted by molar-refractivity contribution is -0.157. The minimum absolute atomic E-state index is 0.375. The normalized spacial score (nSPS) is 13.0. The zero-order valence-corrected chi connectivity index (χ0v) is 12.6. The van der Waals surface area contributed by atoms with Crippen LogP contribution in [0.15, 0.2) is 30.3 Å². The maximum atomic E-state index is 13.0. The van der Waals surface area contributed by atoms with E-state index in [4.69, 9.17) is 4.74 Å². The first-order valence-electron chi connectivity index (χ1n) is 6.64. The minimum Gasteiger partial charge on any atom is -0.458 e. The first-order chi connectivity index (χ1) is 9.67. The highest BCUT2D eigenvalue weighted by atomic mass is 19.1. The van der Waals surface area contributed by atoms with Gasteiger partial charge in [0, 0.05) is 6.08 Å². The summed E-state index contributed by atoms with van der Waals surface area (Å²) in [4.78, 5) is 23.4. The van der Waals surface area contributed by atoms with Gasteiger partial charge in [0.2, 0.25) is 5.91 Å². The van der Waals surface area contributed by atoms with Crippen molar-refractivity contribution in [2.24, 2.45) is 0 Å². The predicted molar refractivity (Wildman–Crippen MR) is 78.9 cm³/mol. The van der Waals surface area contributed by atoms with E-state index < -0.39 is 23.5 Å². The number of carbonyl (C=O) groups excluding carboxylic acids is 2. The Morgan fingerprint density at radius 3 is 2.57 bits per heavy atom. The van der Waals surface area contributed by atoms with E-state index in [-0.39, 0.29) is 5.82 Å². The molecule has 114 valence electrons. The number of hydrogen-bond donors (Lipinski definition) is 1. The molecule has 0 saturated heterocycles. The van der Waals surface area contributed by atoms with Gasteiger partial charge in [-0.25, -0.2) is 9.18 Å². The SMILES string of the molecule is C[C@H](NC(=O)/C=C/c1cccc(F)c1)C(=O)OC(C)(C)C. The smallest absolute Gasteiger partial charge is 0.328 e. The molecule has 0 spiro atoms. The van der Waals surface area contributed by atoms with Gasteiger partial charge < -0.3 is 10.1 Å². The molecule has 4 nitrogen and oxygen atoms in total. The van der Waals surface area contributed by atoms with Crippen LogP contribution in [0.4, 0.5) is 4.39 Å². The fraction of sp³-hybridized carbons (Fsp3) is 0.375. The molecule has 1 aromatic rings. The standard InChI is InChI=1S/C16H20FNO3/c1-11(15(20)21-16(2,3)4)18-14(19)9-8-12-6-5-7-13(17)10-12/h5-11H,1-4H3,(H,18,19)/b9-8+/t11-/m0/s1. The first-order valence-corrected chi connectivity index (χ1v) is 6.64. The van der Waals surface area contributed by atoms with E-state index in [1.807, 2.05) is 0 Å². The number of amides is 1. The van der Waals surface area contributed by atoms with Crippen LogP contribution >= 0.6 is 0 Å². The number of esters is 1. The molecule has 1 atom stereocenters. The lowest BCUT2D eigenvalue weighted by atomic mass is 10.2. The molecule has 0 bridgehead atoms. The highest BCUT2D eigenvalue weighted by Crippen LogP contribution is 2.08. The van der Waals surface area contributed by atoms with Crippen LogP contribution in [0.5, 0.6) is 0 Å². The summed E-state index contributed by atoms with van der Waals surface area (Å²) < 4.78 is 18.1. The van der Waals surface area contributed by atoms with Crippen molar-refractivity contribution in [3.05, 3.63) is 41.7 Å². The highest BCUT2D eigenvalue weighted by molar-refractivity contribution is 5.94. The van der Waals surface area contributed by atoms with Crippen molar-refractivity contribution in [2.75, 3.05) is 0 Å². The topological polar surface area (TPSA) is 55.4 Å². The van der Waals surface area contributed by atoms with E-state index >= 15 is 0 Å². The van der Waals surface area contributed by atoms with Gasteiger partial charge in [-0.2, -0.15) is 0 Å². The maximum Gasteiger partial charge on any atom is 0.328 e. The van der Waals surface area contributed by atoms with Gasteiger partial charge in [-0.3, -0.25) is 4.79 Å². The van der Waals surface area contributed by atoms with Crippen molar-refractivity contribution in [3.8, 4) is 0 Å². The predicted octanol–water partition coefficient (Wildman–Crippen LogP) is 2.69. The Hall–Kier alpha value is -2.17. The lowest BCUT2D eigenvalue weighted by Crippen LogP contribution is -2.41. The number of nitrogens with one attached hydrogen (secondary N) is 1. The number of halogens is 1. The van der Waals surface area contributed by atoms with E-state index in [9.17, 15) is 14.0 Å². The molecular formula is C16H20FNO3. The minimum atomic E-state index is -0.756. The van der Waals surface area contributed by atoms with Crippen LogP contribution in [-0.4, -0.2) is 23.5 Å². The summed E-state index contributed by atoms with van der Waals surface area (Å²) >= 11 is 0. The fourth-order valence-corrected chi connectivity index (χ4v) is 1.49. The Morgan fingerprint density at radius 1 is 1.33 bits per heavy atom. The van der Waals surface area contributed by atoms with Gasteiger partial charge in [-0.15, -0.1) is 0 Å². The summed E-state index contributed by atoms with van der Waals surface area (Å²) in [7, 11) is 0. The average molecular weight is 293 g/mol. The average Bonchev–Trinajstić information content (AvgIpc) is 2.34. The third-order valence-electron chi connectivity index (χ3n) is 2.39. The van der Waals surface area contributed by atoms with Gasteiger partial charge in [0.1, 0.15) is 17.5 Å². The Labute approximate surface area is 124 Å². The molecule has 0 heterocycles. The molecule has 0 aliphatic heterocycles. The molecule has 0 unspecified atom stereocenters. The van der Waals surface area contributed by atoms with E-state index in [0.29, 0.717) is 5.56 Å². The molecule has 1 N–H and O–H groups in total. The van der Waals surface area contributed by atoms with Gasteiger partial charge in [-0.1, -0.05) is 12.1 Å². The summed E-state index contributed by atoms with van der Waals surface area (Å²) in [6, 6.07) is 5.09. The molecule has 0 aliphatic carbocycles. The first kappa shape index (κ1) is 16.9. The fourth-order valence-electron chi connectivity index (χ4n) is 1.49. The van der Waals surface area contributed by atoms with Gasteiger partial charge in [0.15, 0.2) is 0 Å². The lowest BCUT2D eigenvalue weighted by Gasteiger charge is -2.22. The molecule has 0 fully saturated rings. The Balaban J connectivity index is 2.55. The maximum absolute atomic E-state index is 13.0. The Morgan fingerprint density at radius 2 is 2.00 bits per heavy atom. The Bertz CT molecular complexity index is 547. The van der Waals surface area contributed by atoms with E-state index in [1.165, 1.54) is 24.3 Å². The van der Waals surface area contributed by atoms with Crippen LogP contribution in [-0.2, 0) is 14.3 Å². The van der Waals surface area contributed by atoms with Crippen LogP contribution in [0.1, 0.15) is 33.3 Å². The summed E-state index contributed by atoms with van der Waals surface area (Å²) in [6.45, 7) is 6.80. The second kappa shape index (κ2) is 7.02. The van der Waals surface area contributed by atoms with Gasteiger partial charge in [-0.05, 0) is 51.5 Å². The molecule has 0 radical (unpaired) electrons. The molecular weight excluding hydrogens is 273 g/mol. The molecule has 0 aliphatic rings. The van der Waals surface area contributed by atoms with Gasteiger partial charge >= 0.3 is 5.97 Å². The zero-order chi connectivity index (χ0) is 16.0. The van der Waals surface area contributed by atoms with Crippen molar-refractivity contribution in [3.63, 3.8) is 0 Å². The number of rotatable bonds is 4. The van der Waals surface area contributed by atoms with E-state index in [1.54, 1.807) is 39.8 Å². The largest absolute Gasteiger partial charge is 0.458 e. The molecule has 1 aromatic carbocycles. The van der Waals surface area contributed by atoms with Crippen LogP contribution in [0.25, 0.3) is 6.08 Å². The van der Waals surface area contributed by atoms with Crippen LogP contribution in [0.3, 0.4) is 0 Å². The number of ether oxygens (including phenoxy) is 1. The van der Waals surface area contributed by atoms with E-state index in [0.717, 1.165) is 0 Å². The number of benzene rings is 1. The van der Waals surface area contributed by atoms with Crippen LogP contribution < -0.4 is 5.32 Å². The Kier molecular flexibility index (Phi) is 5.64. The molecule has 1 amide bonds. The van der Waals surface area contributed by atoms with Crippen LogP contribution in [0, 0.1) is 5.82 Å². The number of hydrogen-bond acceptors (Lipinski definition) is 3. The summed E-state index contributed by atoms with van der Waals surface area (Å²) in [5.74, 6) is -1.33. The summed E-state index contributed by atoms with van der Waals surface area (Å²) in [6.07, 6.45) is 2.72.